The molecule has 0 unspecified atom stereocenters. The molecule has 0 amide bonds. The van der Waals surface area contributed by atoms with Gasteiger partial charge in [0.1, 0.15) is 0 Å². The topological polar surface area (TPSA) is 65.1 Å². The van der Waals surface area contributed by atoms with Crippen molar-refractivity contribution in [3.63, 3.8) is 0 Å². The van der Waals surface area contributed by atoms with E-state index in [0.29, 0.717) is 29.6 Å². The van der Waals surface area contributed by atoms with Gasteiger partial charge in [-0.05, 0) is 23.6 Å². The van der Waals surface area contributed by atoms with Gasteiger partial charge in [0.15, 0.2) is 11.2 Å². The zero-order chi connectivity index (χ0) is 22.2. The van der Waals surface area contributed by atoms with Crippen molar-refractivity contribution in [3.05, 3.63) is 93.1 Å². The molecule has 0 saturated heterocycles. The minimum Gasteiger partial charge on any atom is -0.312 e. The van der Waals surface area contributed by atoms with Crippen LogP contribution in [0.3, 0.4) is 0 Å². The van der Waals surface area contributed by atoms with Gasteiger partial charge >= 0.3 is 5.69 Å². The van der Waals surface area contributed by atoms with Crippen LogP contribution in [0.1, 0.15) is 12.5 Å². The van der Waals surface area contributed by atoms with Crippen LogP contribution in [0.5, 0.6) is 0 Å². The highest BCUT2D eigenvalue weighted by Gasteiger charge is 2.29. The van der Waals surface area contributed by atoms with E-state index in [4.69, 9.17) is 4.98 Å². The second kappa shape index (κ2) is 8.00. The number of fused-ring (bicyclic) bond motifs is 3. The maximum absolute atomic E-state index is 13.5. The van der Waals surface area contributed by atoms with Crippen molar-refractivity contribution in [1.29, 1.82) is 0 Å². The van der Waals surface area contributed by atoms with Gasteiger partial charge in [-0.25, -0.2) is 4.79 Å². The Morgan fingerprint density at radius 1 is 1.00 bits per heavy atom. The summed E-state index contributed by atoms with van der Waals surface area (Å²) >= 11 is 0. The lowest BCUT2D eigenvalue weighted by Gasteiger charge is -2.32. The van der Waals surface area contributed by atoms with E-state index in [0.717, 1.165) is 17.8 Å². The first-order chi connectivity index (χ1) is 15.5. The molecule has 0 fully saturated rings. The molecule has 1 atom stereocenters. The van der Waals surface area contributed by atoms with Gasteiger partial charge < -0.3 is 9.47 Å². The lowest BCUT2D eigenvalue weighted by Crippen LogP contribution is -2.40. The first-order valence-corrected chi connectivity index (χ1v) is 10.8. The average Bonchev–Trinajstić information content (AvgIpc) is 3.20. The standard InChI is InChI=1S/C25H25N5O2/c1-18-16-29(20-13-7-4-8-14-20)24-26-22-21(30(24)17-18)23(31)28(25(32)27(22)2)15-9-12-19-10-5-3-6-11-19/h3-14,18H,15-17H2,1-2H3/b12-9+/t18-/m1/s1. The maximum atomic E-state index is 13.5. The van der Waals surface area contributed by atoms with E-state index in [1.807, 2.05) is 77.4 Å². The van der Waals surface area contributed by atoms with Gasteiger partial charge in [-0.15, -0.1) is 0 Å². The molecule has 1 aliphatic rings. The van der Waals surface area contributed by atoms with Gasteiger partial charge in [-0.3, -0.25) is 13.9 Å². The highest BCUT2D eigenvalue weighted by Crippen LogP contribution is 2.32. The van der Waals surface area contributed by atoms with Crippen LogP contribution in [-0.2, 0) is 20.1 Å². The number of anilines is 2. The van der Waals surface area contributed by atoms with Crippen LogP contribution in [-0.4, -0.2) is 25.2 Å². The summed E-state index contributed by atoms with van der Waals surface area (Å²) in [7, 11) is 1.68. The number of benzene rings is 2. The number of para-hydroxylation sites is 1. The van der Waals surface area contributed by atoms with E-state index >= 15 is 0 Å². The molecule has 0 saturated carbocycles. The molecule has 2 aromatic heterocycles. The third-order valence-corrected chi connectivity index (χ3v) is 5.91. The molecule has 32 heavy (non-hydrogen) atoms. The summed E-state index contributed by atoms with van der Waals surface area (Å²) in [6.07, 6.45) is 3.76. The molecule has 0 N–H and O–H groups in total. The zero-order valence-electron chi connectivity index (χ0n) is 18.2. The number of aromatic nitrogens is 4. The fourth-order valence-corrected chi connectivity index (χ4v) is 4.35. The van der Waals surface area contributed by atoms with Gasteiger partial charge in [0.05, 0.1) is 0 Å². The number of allylic oxidation sites excluding steroid dienone is 1. The van der Waals surface area contributed by atoms with Crippen molar-refractivity contribution >= 4 is 28.9 Å². The van der Waals surface area contributed by atoms with Crippen LogP contribution in [0, 0.1) is 5.92 Å². The Kier molecular flexibility index (Phi) is 5.01. The zero-order valence-corrected chi connectivity index (χ0v) is 18.2. The highest BCUT2D eigenvalue weighted by molar-refractivity contribution is 5.77. The van der Waals surface area contributed by atoms with Gasteiger partial charge in [-0.1, -0.05) is 67.6 Å². The Morgan fingerprint density at radius 2 is 1.69 bits per heavy atom. The van der Waals surface area contributed by atoms with Crippen LogP contribution in [0.15, 0.2) is 76.3 Å². The predicted molar refractivity (Wildman–Crippen MR) is 127 cm³/mol. The number of aryl methyl sites for hydroxylation is 1. The Balaban J connectivity index is 1.64. The number of imidazole rings is 1. The van der Waals surface area contributed by atoms with E-state index < -0.39 is 0 Å². The van der Waals surface area contributed by atoms with Crippen molar-refractivity contribution in [3.8, 4) is 0 Å². The summed E-state index contributed by atoms with van der Waals surface area (Å²) < 4.78 is 4.73. The molecule has 7 heteroatoms. The molecular formula is C25H25N5O2. The SMILES string of the molecule is C[C@@H]1CN(c2ccccc2)c2nc3c(c(=O)n(C/C=C/c4ccccc4)c(=O)n3C)n2C1. The smallest absolute Gasteiger partial charge is 0.312 e. The van der Waals surface area contributed by atoms with Crippen LogP contribution in [0.25, 0.3) is 17.2 Å². The van der Waals surface area contributed by atoms with Crippen molar-refractivity contribution in [2.24, 2.45) is 13.0 Å². The second-order valence-corrected chi connectivity index (χ2v) is 8.32. The van der Waals surface area contributed by atoms with E-state index in [9.17, 15) is 9.59 Å². The first kappa shape index (κ1) is 20.1. The molecule has 7 nitrogen and oxygen atoms in total. The summed E-state index contributed by atoms with van der Waals surface area (Å²) in [6, 6.07) is 19.8. The molecular weight excluding hydrogens is 402 g/mol. The minimum atomic E-state index is -0.366. The van der Waals surface area contributed by atoms with Crippen molar-refractivity contribution < 1.29 is 0 Å². The quantitative estimate of drug-likeness (QED) is 0.501. The molecule has 3 heterocycles. The van der Waals surface area contributed by atoms with Crippen molar-refractivity contribution in [2.45, 2.75) is 20.0 Å². The molecule has 162 valence electrons. The summed E-state index contributed by atoms with van der Waals surface area (Å²) in [4.78, 5) is 33.3. The van der Waals surface area contributed by atoms with Crippen molar-refractivity contribution in [2.75, 3.05) is 11.4 Å². The molecule has 0 radical (unpaired) electrons. The third-order valence-electron chi connectivity index (χ3n) is 5.91. The molecule has 1 aliphatic heterocycles. The van der Waals surface area contributed by atoms with Crippen LogP contribution >= 0.6 is 0 Å². The minimum absolute atomic E-state index is 0.203. The predicted octanol–water partition coefficient (Wildman–Crippen LogP) is 3.40. The number of rotatable bonds is 4. The highest BCUT2D eigenvalue weighted by atomic mass is 16.2. The van der Waals surface area contributed by atoms with Crippen molar-refractivity contribution in [1.82, 2.24) is 18.7 Å². The van der Waals surface area contributed by atoms with Crippen LogP contribution in [0.4, 0.5) is 11.6 Å². The maximum Gasteiger partial charge on any atom is 0.332 e. The lowest BCUT2D eigenvalue weighted by atomic mass is 10.1. The summed E-state index contributed by atoms with van der Waals surface area (Å²) in [6.45, 7) is 3.85. The molecule has 0 bridgehead atoms. The van der Waals surface area contributed by atoms with Gasteiger partial charge in [0.2, 0.25) is 5.95 Å². The molecule has 4 aromatic rings. The first-order valence-electron chi connectivity index (χ1n) is 10.8. The summed E-state index contributed by atoms with van der Waals surface area (Å²) in [5.74, 6) is 1.03. The number of nitrogens with zero attached hydrogens (tertiary/aromatic N) is 5. The molecule has 0 spiro atoms. The van der Waals surface area contributed by atoms with Gasteiger partial charge in [-0.2, -0.15) is 4.98 Å². The lowest BCUT2D eigenvalue weighted by molar-refractivity contribution is 0.458. The molecule has 2 aromatic carbocycles. The van der Waals surface area contributed by atoms with Gasteiger partial charge in [0.25, 0.3) is 5.56 Å². The number of hydrogen-bond acceptors (Lipinski definition) is 4. The second-order valence-electron chi connectivity index (χ2n) is 8.32. The Morgan fingerprint density at radius 3 is 2.41 bits per heavy atom. The monoisotopic (exact) mass is 427 g/mol. The Labute approximate surface area is 185 Å². The Hall–Kier alpha value is -3.87. The molecule has 5 rings (SSSR count). The average molecular weight is 428 g/mol. The Bertz CT molecular complexity index is 1410. The van der Waals surface area contributed by atoms with Crippen LogP contribution in [0.2, 0.25) is 0 Å². The summed E-state index contributed by atoms with van der Waals surface area (Å²) in [5.41, 5.74) is 2.27. The normalized spacial score (nSPS) is 16.1. The van der Waals surface area contributed by atoms with Crippen LogP contribution < -0.4 is 16.1 Å². The molecule has 0 aliphatic carbocycles. The van der Waals surface area contributed by atoms with E-state index in [1.54, 1.807) is 7.05 Å². The van der Waals surface area contributed by atoms with Gasteiger partial charge in [0, 0.05) is 32.4 Å². The number of hydrogen-bond donors (Lipinski definition) is 0. The third kappa shape index (κ3) is 3.36. The van der Waals surface area contributed by atoms with E-state index in [-0.39, 0.29) is 17.8 Å². The van der Waals surface area contributed by atoms with E-state index in [1.165, 1.54) is 9.13 Å². The fraction of sp³-hybridized carbons (Fsp3) is 0.240. The van der Waals surface area contributed by atoms with E-state index in [2.05, 4.69) is 11.8 Å². The largest absolute Gasteiger partial charge is 0.332 e. The summed E-state index contributed by atoms with van der Waals surface area (Å²) in [5, 5.41) is 0. The fourth-order valence-electron chi connectivity index (χ4n) is 4.35.